The molecule has 4 heteroatoms. The van der Waals surface area contributed by atoms with Gasteiger partial charge in [0.15, 0.2) is 0 Å². The van der Waals surface area contributed by atoms with Crippen molar-refractivity contribution >= 4 is 27.6 Å². The summed E-state index contributed by atoms with van der Waals surface area (Å²) in [5, 5.41) is 9.34. The van der Waals surface area contributed by atoms with E-state index >= 15 is 0 Å². The van der Waals surface area contributed by atoms with E-state index in [9.17, 15) is 9.90 Å². The normalized spacial score (nSPS) is 17.5. The first kappa shape index (κ1) is 12.4. The molecule has 0 radical (unpaired) electrons. The maximum Gasteiger partial charge on any atom is 0.311 e. The van der Waals surface area contributed by atoms with Crippen molar-refractivity contribution in [3.05, 3.63) is 28.2 Å². The number of hydrogen-bond donors (Lipinski definition) is 2. The number of nitrogen functional groups attached to an aromatic ring is 1. The highest BCUT2D eigenvalue weighted by atomic mass is 79.9. The van der Waals surface area contributed by atoms with Crippen LogP contribution >= 0.6 is 15.9 Å². The zero-order valence-corrected chi connectivity index (χ0v) is 11.1. The van der Waals surface area contributed by atoms with Gasteiger partial charge in [0.25, 0.3) is 0 Å². The number of carboxylic acid groups (broad SMARTS) is 1. The van der Waals surface area contributed by atoms with Gasteiger partial charge < -0.3 is 10.8 Å². The molecule has 92 valence electrons. The van der Waals surface area contributed by atoms with E-state index in [1.165, 1.54) is 6.42 Å². The second kappa shape index (κ2) is 5.08. The van der Waals surface area contributed by atoms with Gasteiger partial charge in [-0.1, -0.05) is 31.4 Å². The van der Waals surface area contributed by atoms with Gasteiger partial charge in [-0.3, -0.25) is 4.79 Å². The number of carbonyl (C=O) groups is 1. The Hall–Kier alpha value is -1.03. The number of hydrogen-bond acceptors (Lipinski definition) is 2. The molecule has 1 aromatic carbocycles. The highest BCUT2D eigenvalue weighted by Gasteiger charge is 2.29. The minimum Gasteiger partial charge on any atom is -0.481 e. The van der Waals surface area contributed by atoms with Crippen LogP contribution in [0.1, 0.15) is 37.2 Å². The Labute approximate surface area is 109 Å². The third-order valence-corrected chi connectivity index (χ3v) is 4.25. The Morgan fingerprint density at radius 1 is 1.53 bits per heavy atom. The molecule has 1 aliphatic rings. The van der Waals surface area contributed by atoms with Crippen LogP contribution in [0.4, 0.5) is 5.69 Å². The third-order valence-electron chi connectivity index (χ3n) is 3.55. The van der Waals surface area contributed by atoms with Crippen molar-refractivity contribution in [2.24, 2.45) is 5.92 Å². The lowest BCUT2D eigenvalue weighted by Gasteiger charge is -2.28. The highest BCUT2D eigenvalue weighted by Crippen LogP contribution is 2.38. The molecule has 1 atom stereocenters. The molecule has 0 saturated heterocycles. The molecule has 17 heavy (non-hydrogen) atoms. The Morgan fingerprint density at radius 3 is 2.76 bits per heavy atom. The maximum absolute atomic E-state index is 11.4. The summed E-state index contributed by atoms with van der Waals surface area (Å²) in [5.41, 5.74) is 7.24. The van der Waals surface area contributed by atoms with Gasteiger partial charge in [0, 0.05) is 10.2 Å². The van der Waals surface area contributed by atoms with Crippen molar-refractivity contribution in [2.75, 3.05) is 5.73 Å². The van der Waals surface area contributed by atoms with Gasteiger partial charge in [-0.05, 0) is 39.9 Å². The minimum absolute atomic E-state index is 0.474. The summed E-state index contributed by atoms with van der Waals surface area (Å²) < 4.78 is 0.773. The molecule has 1 aliphatic carbocycles. The standard InChI is InChI=1S/C13H16BrNO2/c14-11-6-2-5-9(12(11)15)10(13(16)17)7-8-3-1-4-8/h2,5-6,8,10H,1,3-4,7,15H2,(H,16,17). The molecule has 2 rings (SSSR count). The molecule has 0 aromatic heterocycles. The van der Waals surface area contributed by atoms with Crippen molar-refractivity contribution in [1.82, 2.24) is 0 Å². The quantitative estimate of drug-likeness (QED) is 0.837. The molecular weight excluding hydrogens is 282 g/mol. The van der Waals surface area contributed by atoms with Gasteiger partial charge in [0.1, 0.15) is 0 Å². The Kier molecular flexibility index (Phi) is 3.72. The fourth-order valence-electron chi connectivity index (χ4n) is 2.28. The average Bonchev–Trinajstić information content (AvgIpc) is 2.21. The molecule has 1 fully saturated rings. The van der Waals surface area contributed by atoms with Crippen LogP contribution in [0.15, 0.2) is 22.7 Å². The number of halogens is 1. The lowest BCUT2D eigenvalue weighted by Crippen LogP contribution is -2.21. The number of nitrogens with two attached hydrogens (primary N) is 1. The smallest absolute Gasteiger partial charge is 0.311 e. The van der Waals surface area contributed by atoms with Crippen molar-refractivity contribution in [2.45, 2.75) is 31.6 Å². The van der Waals surface area contributed by atoms with Gasteiger partial charge in [-0.15, -0.1) is 0 Å². The first-order chi connectivity index (χ1) is 8.09. The number of carboxylic acids is 1. The van der Waals surface area contributed by atoms with Gasteiger partial charge in [0.2, 0.25) is 0 Å². The van der Waals surface area contributed by atoms with E-state index < -0.39 is 11.9 Å². The SMILES string of the molecule is Nc1c(Br)cccc1C(CC1CCC1)C(=O)O. The van der Waals surface area contributed by atoms with Crippen molar-refractivity contribution in [3.63, 3.8) is 0 Å². The predicted molar refractivity (Wildman–Crippen MR) is 70.9 cm³/mol. The van der Waals surface area contributed by atoms with E-state index in [-0.39, 0.29) is 0 Å². The lowest BCUT2D eigenvalue weighted by molar-refractivity contribution is -0.139. The zero-order valence-electron chi connectivity index (χ0n) is 9.53. The number of aliphatic carboxylic acids is 1. The van der Waals surface area contributed by atoms with Gasteiger partial charge in [-0.25, -0.2) is 0 Å². The minimum atomic E-state index is -0.776. The lowest BCUT2D eigenvalue weighted by atomic mass is 9.77. The van der Waals surface area contributed by atoms with E-state index in [1.807, 2.05) is 18.2 Å². The number of anilines is 1. The Balaban J connectivity index is 2.25. The largest absolute Gasteiger partial charge is 0.481 e. The summed E-state index contributed by atoms with van der Waals surface area (Å²) in [4.78, 5) is 11.4. The Morgan fingerprint density at radius 2 is 2.24 bits per heavy atom. The molecule has 0 heterocycles. The molecular formula is C13H16BrNO2. The predicted octanol–water partition coefficient (Wildman–Crippen LogP) is 3.39. The molecule has 1 unspecified atom stereocenters. The van der Waals surface area contributed by atoms with Crippen molar-refractivity contribution in [3.8, 4) is 0 Å². The van der Waals surface area contributed by atoms with E-state index in [1.54, 1.807) is 0 Å². The fraction of sp³-hybridized carbons (Fsp3) is 0.462. The topological polar surface area (TPSA) is 63.3 Å². The molecule has 0 spiro atoms. The molecule has 0 amide bonds. The first-order valence-electron chi connectivity index (χ1n) is 5.86. The summed E-state index contributed by atoms with van der Waals surface area (Å²) in [5.74, 6) is -0.700. The van der Waals surface area contributed by atoms with Gasteiger partial charge in [0.05, 0.1) is 5.92 Å². The van der Waals surface area contributed by atoms with E-state index in [2.05, 4.69) is 15.9 Å². The van der Waals surface area contributed by atoms with E-state index in [4.69, 9.17) is 5.73 Å². The van der Waals surface area contributed by atoms with Crippen molar-refractivity contribution in [1.29, 1.82) is 0 Å². The number of rotatable bonds is 4. The van der Waals surface area contributed by atoms with Crippen LogP contribution < -0.4 is 5.73 Å². The van der Waals surface area contributed by atoms with Crippen LogP contribution in [-0.4, -0.2) is 11.1 Å². The third kappa shape index (κ3) is 2.63. The first-order valence-corrected chi connectivity index (χ1v) is 6.65. The summed E-state index contributed by atoms with van der Waals surface area (Å²) in [6.45, 7) is 0. The number of benzene rings is 1. The molecule has 1 saturated carbocycles. The Bertz CT molecular complexity index is 429. The van der Waals surface area contributed by atoms with Crippen molar-refractivity contribution < 1.29 is 9.90 Å². The van der Waals surface area contributed by atoms with E-state index in [0.29, 0.717) is 18.0 Å². The number of para-hydroxylation sites is 1. The summed E-state index contributed by atoms with van der Waals surface area (Å²) in [7, 11) is 0. The monoisotopic (exact) mass is 297 g/mol. The second-order valence-corrected chi connectivity index (χ2v) is 5.52. The van der Waals surface area contributed by atoms with Crippen LogP contribution in [0, 0.1) is 5.92 Å². The summed E-state index contributed by atoms with van der Waals surface area (Å²) >= 11 is 3.34. The molecule has 0 bridgehead atoms. The molecule has 3 nitrogen and oxygen atoms in total. The zero-order chi connectivity index (χ0) is 12.4. The van der Waals surface area contributed by atoms with Crippen LogP contribution in [0.25, 0.3) is 0 Å². The summed E-state index contributed by atoms with van der Waals surface area (Å²) in [6, 6.07) is 5.49. The van der Waals surface area contributed by atoms with Gasteiger partial charge >= 0.3 is 5.97 Å². The molecule has 1 aromatic rings. The van der Waals surface area contributed by atoms with Gasteiger partial charge in [-0.2, -0.15) is 0 Å². The van der Waals surface area contributed by atoms with Crippen LogP contribution in [0.5, 0.6) is 0 Å². The molecule has 0 aliphatic heterocycles. The highest BCUT2D eigenvalue weighted by molar-refractivity contribution is 9.10. The summed E-state index contributed by atoms with van der Waals surface area (Å²) in [6.07, 6.45) is 4.23. The fourth-order valence-corrected chi connectivity index (χ4v) is 2.66. The second-order valence-electron chi connectivity index (χ2n) is 4.67. The molecule has 3 N–H and O–H groups in total. The van der Waals surface area contributed by atoms with Crippen LogP contribution in [0.3, 0.4) is 0 Å². The average molecular weight is 298 g/mol. The van der Waals surface area contributed by atoms with Crippen LogP contribution in [0.2, 0.25) is 0 Å². The van der Waals surface area contributed by atoms with Crippen LogP contribution in [-0.2, 0) is 4.79 Å². The van der Waals surface area contributed by atoms with E-state index in [0.717, 1.165) is 22.9 Å². The maximum atomic E-state index is 11.4.